The lowest BCUT2D eigenvalue weighted by molar-refractivity contribution is -0.134. The van der Waals surface area contributed by atoms with Crippen LogP contribution in [0.2, 0.25) is 0 Å². The highest BCUT2D eigenvalue weighted by molar-refractivity contribution is 5.84. The minimum atomic E-state index is -1.26. The Morgan fingerprint density at radius 2 is 2.03 bits per heavy atom. The SMILES string of the molecule is CC[C@H](Nc1nc(N)n2nc(-c3ccco3)nc2n1)C(=O)N1CCN(CC(C)(C)F)CC1. The summed E-state index contributed by atoms with van der Waals surface area (Å²) < 4.78 is 20.5. The van der Waals surface area contributed by atoms with Gasteiger partial charge in [-0.15, -0.1) is 5.10 Å². The van der Waals surface area contributed by atoms with Crippen molar-refractivity contribution in [3.8, 4) is 11.6 Å². The number of carbonyl (C=O) groups is 1. The van der Waals surface area contributed by atoms with Crippen LogP contribution in [0.1, 0.15) is 27.2 Å². The van der Waals surface area contributed by atoms with E-state index in [0.717, 1.165) is 0 Å². The Balaban J connectivity index is 1.44. The fraction of sp³-hybridized carbons (Fsp3) is 0.550. The molecule has 1 amide bonds. The van der Waals surface area contributed by atoms with E-state index in [1.807, 2.05) is 11.8 Å². The number of nitrogens with one attached hydrogen (secondary N) is 1. The highest BCUT2D eigenvalue weighted by Crippen LogP contribution is 2.19. The van der Waals surface area contributed by atoms with Gasteiger partial charge in [0.1, 0.15) is 11.7 Å². The van der Waals surface area contributed by atoms with Crippen molar-refractivity contribution in [1.29, 1.82) is 0 Å². The van der Waals surface area contributed by atoms with E-state index in [0.29, 0.717) is 50.7 Å². The van der Waals surface area contributed by atoms with Crippen LogP contribution in [0.15, 0.2) is 22.8 Å². The Bertz CT molecular complexity index is 1070. The van der Waals surface area contributed by atoms with Gasteiger partial charge in [0.25, 0.3) is 5.78 Å². The summed E-state index contributed by atoms with van der Waals surface area (Å²) in [6.45, 7) is 7.77. The molecule has 1 aliphatic heterocycles. The molecule has 12 heteroatoms. The molecule has 172 valence electrons. The molecule has 0 saturated carbocycles. The van der Waals surface area contributed by atoms with Crippen molar-refractivity contribution in [2.75, 3.05) is 43.8 Å². The van der Waals surface area contributed by atoms with Gasteiger partial charge < -0.3 is 20.4 Å². The number of nitrogens with zero attached hydrogens (tertiary/aromatic N) is 7. The minimum absolute atomic E-state index is 0.0496. The van der Waals surface area contributed by atoms with Gasteiger partial charge in [-0.05, 0) is 32.4 Å². The zero-order chi connectivity index (χ0) is 22.9. The second kappa shape index (κ2) is 8.69. The number of piperazine rings is 1. The van der Waals surface area contributed by atoms with Crippen LogP contribution in [0, 0.1) is 0 Å². The number of anilines is 2. The average molecular weight is 446 g/mol. The summed E-state index contributed by atoms with van der Waals surface area (Å²) in [6, 6.07) is 2.95. The fourth-order valence-corrected chi connectivity index (χ4v) is 3.75. The van der Waals surface area contributed by atoms with Crippen LogP contribution in [0.25, 0.3) is 17.4 Å². The van der Waals surface area contributed by atoms with Crippen LogP contribution in [-0.2, 0) is 4.79 Å². The number of halogens is 1. The highest BCUT2D eigenvalue weighted by Gasteiger charge is 2.29. The summed E-state index contributed by atoms with van der Waals surface area (Å²) in [5.74, 6) is 1.31. The lowest BCUT2D eigenvalue weighted by Crippen LogP contribution is -2.54. The summed E-state index contributed by atoms with van der Waals surface area (Å²) in [7, 11) is 0. The number of fused-ring (bicyclic) bond motifs is 1. The van der Waals surface area contributed by atoms with Crippen molar-refractivity contribution in [2.45, 2.75) is 38.9 Å². The Morgan fingerprint density at radius 3 is 2.66 bits per heavy atom. The van der Waals surface area contributed by atoms with Crippen LogP contribution < -0.4 is 11.1 Å². The molecule has 0 spiro atoms. The normalized spacial score (nSPS) is 16.4. The third kappa shape index (κ3) is 4.79. The van der Waals surface area contributed by atoms with Crippen LogP contribution in [0.3, 0.4) is 0 Å². The molecule has 4 heterocycles. The first-order valence-electron chi connectivity index (χ1n) is 10.6. The molecule has 3 N–H and O–H groups in total. The van der Waals surface area contributed by atoms with Crippen molar-refractivity contribution >= 4 is 23.6 Å². The van der Waals surface area contributed by atoms with Crippen LogP contribution >= 0.6 is 0 Å². The van der Waals surface area contributed by atoms with Gasteiger partial charge >= 0.3 is 0 Å². The van der Waals surface area contributed by atoms with E-state index in [4.69, 9.17) is 10.2 Å². The van der Waals surface area contributed by atoms with Crippen LogP contribution in [-0.4, -0.2) is 84.7 Å². The van der Waals surface area contributed by atoms with Crippen molar-refractivity contribution in [2.24, 2.45) is 0 Å². The lowest BCUT2D eigenvalue weighted by Gasteiger charge is -2.38. The molecule has 32 heavy (non-hydrogen) atoms. The summed E-state index contributed by atoms with van der Waals surface area (Å²) in [5, 5.41) is 7.34. The molecular formula is C20H28FN9O2. The Kier molecular flexibility index (Phi) is 5.96. The largest absolute Gasteiger partial charge is 0.461 e. The molecule has 0 aliphatic carbocycles. The van der Waals surface area contributed by atoms with Crippen molar-refractivity contribution < 1.29 is 13.6 Å². The molecule has 11 nitrogen and oxygen atoms in total. The predicted molar refractivity (Wildman–Crippen MR) is 117 cm³/mol. The first kappa shape index (κ1) is 21.9. The van der Waals surface area contributed by atoms with Gasteiger partial charge in [-0.2, -0.15) is 19.5 Å². The number of nitrogen functional groups attached to an aromatic ring is 1. The van der Waals surface area contributed by atoms with Gasteiger partial charge in [-0.25, -0.2) is 4.39 Å². The third-order valence-corrected chi connectivity index (χ3v) is 5.27. The first-order chi connectivity index (χ1) is 15.2. The smallest absolute Gasteiger partial charge is 0.259 e. The quantitative estimate of drug-likeness (QED) is 0.555. The summed E-state index contributed by atoms with van der Waals surface area (Å²) in [4.78, 5) is 29.8. The van der Waals surface area contributed by atoms with E-state index in [9.17, 15) is 9.18 Å². The molecule has 1 aliphatic rings. The van der Waals surface area contributed by atoms with Gasteiger partial charge in [-0.1, -0.05) is 6.92 Å². The zero-order valence-corrected chi connectivity index (χ0v) is 18.5. The zero-order valence-electron chi connectivity index (χ0n) is 18.5. The minimum Gasteiger partial charge on any atom is -0.461 e. The van der Waals surface area contributed by atoms with Gasteiger partial charge in [0.15, 0.2) is 5.76 Å². The first-order valence-corrected chi connectivity index (χ1v) is 10.6. The Morgan fingerprint density at radius 1 is 1.28 bits per heavy atom. The monoisotopic (exact) mass is 445 g/mol. The fourth-order valence-electron chi connectivity index (χ4n) is 3.75. The molecule has 1 atom stereocenters. The number of alkyl halides is 1. The van der Waals surface area contributed by atoms with E-state index < -0.39 is 11.7 Å². The molecule has 3 aromatic rings. The molecule has 0 bridgehead atoms. The number of nitrogens with two attached hydrogens (primary N) is 1. The maximum atomic E-state index is 13.9. The van der Waals surface area contributed by atoms with Crippen molar-refractivity contribution in [3.63, 3.8) is 0 Å². The van der Waals surface area contributed by atoms with E-state index in [1.54, 1.807) is 30.9 Å². The third-order valence-electron chi connectivity index (χ3n) is 5.27. The number of carbonyl (C=O) groups excluding carboxylic acids is 1. The molecule has 0 aromatic carbocycles. The molecule has 3 aromatic heterocycles. The summed E-state index contributed by atoms with van der Waals surface area (Å²) >= 11 is 0. The molecule has 0 radical (unpaired) electrons. The lowest BCUT2D eigenvalue weighted by atomic mass is 10.1. The van der Waals surface area contributed by atoms with Gasteiger partial charge in [0.05, 0.1) is 6.26 Å². The number of furan rings is 1. The van der Waals surface area contributed by atoms with Gasteiger partial charge in [-0.3, -0.25) is 9.69 Å². The highest BCUT2D eigenvalue weighted by atomic mass is 19.1. The summed E-state index contributed by atoms with van der Waals surface area (Å²) in [5.41, 5.74) is 4.78. The van der Waals surface area contributed by atoms with Gasteiger partial charge in [0.2, 0.25) is 23.6 Å². The van der Waals surface area contributed by atoms with Crippen molar-refractivity contribution in [3.05, 3.63) is 18.4 Å². The summed E-state index contributed by atoms with van der Waals surface area (Å²) in [6.07, 6.45) is 2.06. The maximum Gasteiger partial charge on any atom is 0.259 e. The number of rotatable bonds is 7. The van der Waals surface area contributed by atoms with Crippen LogP contribution in [0.5, 0.6) is 0 Å². The van der Waals surface area contributed by atoms with Crippen LogP contribution in [0.4, 0.5) is 16.3 Å². The molecule has 4 rings (SSSR count). The number of amides is 1. The predicted octanol–water partition coefficient (Wildman–Crippen LogP) is 1.44. The molecular weight excluding hydrogens is 417 g/mol. The standard InChI is InChI=1S/C20H28FN9O2/c1-4-13(16(31)29-9-7-28(8-10-29)12-20(2,3)21)23-18-25-17(22)30-19(26-18)24-15(27-30)14-6-5-11-32-14/h5-6,11,13H,4,7-10,12H2,1-3H3,(H3,22,23,24,25,26,27)/t13-/m0/s1. The maximum absolute atomic E-state index is 13.9. The number of hydrogen-bond donors (Lipinski definition) is 2. The molecule has 1 saturated heterocycles. The molecule has 1 fully saturated rings. The Labute approximate surface area is 184 Å². The van der Waals surface area contributed by atoms with E-state index in [1.165, 1.54) is 10.8 Å². The molecule has 0 unspecified atom stereocenters. The second-order valence-electron chi connectivity index (χ2n) is 8.46. The van der Waals surface area contributed by atoms with E-state index >= 15 is 0 Å². The number of hydrogen-bond acceptors (Lipinski definition) is 9. The van der Waals surface area contributed by atoms with Crippen molar-refractivity contribution in [1.82, 2.24) is 34.4 Å². The van der Waals surface area contributed by atoms with E-state index in [2.05, 4.69) is 25.4 Å². The Hall–Kier alpha value is -3.28. The van der Waals surface area contributed by atoms with Gasteiger partial charge in [0, 0.05) is 32.7 Å². The average Bonchev–Trinajstić information content (AvgIpc) is 3.41. The number of aromatic nitrogens is 5. The topological polar surface area (TPSA) is 131 Å². The second-order valence-corrected chi connectivity index (χ2v) is 8.46. The van der Waals surface area contributed by atoms with E-state index in [-0.39, 0.29) is 23.6 Å².